The largest absolute Gasteiger partial charge is 0.312 e. The van der Waals surface area contributed by atoms with Crippen molar-refractivity contribution in [3.05, 3.63) is 46.6 Å². The van der Waals surface area contributed by atoms with Gasteiger partial charge in [0.1, 0.15) is 16.2 Å². The van der Waals surface area contributed by atoms with E-state index in [4.69, 9.17) is 0 Å². The Labute approximate surface area is 171 Å². The summed E-state index contributed by atoms with van der Waals surface area (Å²) in [5, 5.41) is 2.07. The number of hydrogen-bond acceptors (Lipinski definition) is 6. The number of amides is 1. The first-order chi connectivity index (χ1) is 13.7. The third-order valence-corrected chi connectivity index (χ3v) is 7.57. The van der Waals surface area contributed by atoms with Crippen molar-refractivity contribution in [2.45, 2.75) is 37.1 Å². The van der Waals surface area contributed by atoms with E-state index in [2.05, 4.69) is 9.97 Å². The van der Waals surface area contributed by atoms with Crippen molar-refractivity contribution in [3.8, 4) is 0 Å². The second kappa shape index (κ2) is 7.29. The highest BCUT2D eigenvalue weighted by Gasteiger charge is 2.23. The van der Waals surface area contributed by atoms with Crippen LogP contribution >= 0.6 is 23.1 Å². The third kappa shape index (κ3) is 3.12. The normalized spacial score (nSPS) is 16.1. The van der Waals surface area contributed by atoms with E-state index in [1.165, 1.54) is 28.6 Å². The summed E-state index contributed by atoms with van der Waals surface area (Å²) in [5.74, 6) is 0.576. The number of rotatable bonds is 5. The third-order valence-electron chi connectivity index (χ3n) is 5.38. The molecule has 3 heterocycles. The lowest BCUT2D eigenvalue weighted by atomic mass is 10.1. The Morgan fingerprint density at radius 3 is 2.75 bits per heavy atom. The second-order valence-electron chi connectivity index (χ2n) is 7.12. The Morgan fingerprint density at radius 2 is 1.96 bits per heavy atom. The van der Waals surface area contributed by atoms with Crippen LogP contribution in [0.25, 0.3) is 10.2 Å². The van der Waals surface area contributed by atoms with Crippen LogP contribution in [0.5, 0.6) is 0 Å². The smallest absolute Gasteiger partial charge is 0.227 e. The van der Waals surface area contributed by atoms with Gasteiger partial charge in [-0.05, 0) is 55.5 Å². The topological polar surface area (TPSA) is 63.2 Å². The lowest BCUT2D eigenvalue weighted by Gasteiger charge is -2.15. The molecule has 1 fully saturated rings. The lowest BCUT2D eigenvalue weighted by molar-refractivity contribution is -0.117. The second-order valence-corrected chi connectivity index (χ2v) is 9.17. The maximum Gasteiger partial charge on any atom is 0.227 e. The van der Waals surface area contributed by atoms with Crippen LogP contribution in [-0.4, -0.2) is 34.0 Å². The van der Waals surface area contributed by atoms with Crippen molar-refractivity contribution in [1.29, 1.82) is 0 Å². The Balaban J connectivity index is 1.31. The number of Topliss-reactive ketones (excluding diaryl/α,β-unsaturated/α-hetero) is 1. The van der Waals surface area contributed by atoms with Gasteiger partial charge in [0.25, 0.3) is 0 Å². The van der Waals surface area contributed by atoms with Gasteiger partial charge in [-0.3, -0.25) is 9.59 Å². The van der Waals surface area contributed by atoms with Gasteiger partial charge in [-0.25, -0.2) is 9.97 Å². The number of aromatic nitrogens is 2. The van der Waals surface area contributed by atoms with Crippen LogP contribution in [-0.2, 0) is 17.6 Å². The Hall–Kier alpha value is -2.25. The van der Waals surface area contributed by atoms with Gasteiger partial charge in [-0.15, -0.1) is 11.3 Å². The van der Waals surface area contributed by atoms with Crippen LogP contribution in [0.15, 0.2) is 35.6 Å². The van der Waals surface area contributed by atoms with E-state index in [9.17, 15) is 9.59 Å². The standard InChI is InChI=1S/C21H19N3O2S2/c25-16(13-6-8-14(9-7-13)24-10-2-5-18(24)26)11-27-20-19-15-3-1-4-17(15)28-21(19)23-12-22-20/h6-9,12H,1-5,10-11H2. The molecule has 1 saturated heterocycles. The molecule has 5 nitrogen and oxygen atoms in total. The zero-order valence-electron chi connectivity index (χ0n) is 15.3. The Morgan fingerprint density at radius 1 is 1.11 bits per heavy atom. The van der Waals surface area contributed by atoms with Gasteiger partial charge in [-0.1, -0.05) is 11.8 Å². The fourth-order valence-electron chi connectivity index (χ4n) is 3.97. The van der Waals surface area contributed by atoms with E-state index in [0.717, 1.165) is 46.7 Å². The highest BCUT2D eigenvalue weighted by Crippen LogP contribution is 2.40. The van der Waals surface area contributed by atoms with E-state index in [1.54, 1.807) is 22.6 Å². The van der Waals surface area contributed by atoms with Crippen molar-refractivity contribution in [3.63, 3.8) is 0 Å². The summed E-state index contributed by atoms with van der Waals surface area (Å²) < 4.78 is 0. The number of benzene rings is 1. The molecule has 142 valence electrons. The molecule has 7 heteroatoms. The van der Waals surface area contributed by atoms with Crippen LogP contribution in [0.1, 0.15) is 40.1 Å². The molecule has 5 rings (SSSR count). The van der Waals surface area contributed by atoms with Crippen LogP contribution in [0.4, 0.5) is 5.69 Å². The van der Waals surface area contributed by atoms with Crippen molar-refractivity contribution in [1.82, 2.24) is 9.97 Å². The maximum atomic E-state index is 12.7. The number of nitrogens with zero attached hydrogens (tertiary/aromatic N) is 3. The molecule has 3 aromatic rings. The van der Waals surface area contributed by atoms with Gasteiger partial charge in [0.05, 0.1) is 5.75 Å². The minimum Gasteiger partial charge on any atom is -0.312 e. The number of fused-ring (bicyclic) bond motifs is 3. The zero-order valence-corrected chi connectivity index (χ0v) is 16.9. The summed E-state index contributed by atoms with van der Waals surface area (Å²) in [6.07, 6.45) is 6.52. The van der Waals surface area contributed by atoms with Crippen LogP contribution in [0.3, 0.4) is 0 Å². The zero-order chi connectivity index (χ0) is 19.1. The summed E-state index contributed by atoms with van der Waals surface area (Å²) in [4.78, 5) is 37.7. The van der Waals surface area contributed by atoms with E-state index >= 15 is 0 Å². The molecule has 1 aromatic carbocycles. The molecular formula is C21H19N3O2S2. The van der Waals surface area contributed by atoms with Gasteiger partial charge in [0.15, 0.2) is 5.78 Å². The van der Waals surface area contributed by atoms with E-state index in [-0.39, 0.29) is 11.7 Å². The first kappa shape index (κ1) is 17.8. The molecule has 0 spiro atoms. The average molecular weight is 410 g/mol. The highest BCUT2D eigenvalue weighted by atomic mass is 32.2. The van der Waals surface area contributed by atoms with Crippen molar-refractivity contribution < 1.29 is 9.59 Å². The van der Waals surface area contributed by atoms with E-state index in [1.807, 2.05) is 24.3 Å². The average Bonchev–Trinajstić information content (AvgIpc) is 3.42. The fraction of sp³-hybridized carbons (Fsp3) is 0.333. The predicted octanol–water partition coefficient (Wildman–Crippen LogP) is 4.28. The number of thioether (sulfide) groups is 1. The summed E-state index contributed by atoms with van der Waals surface area (Å²) in [7, 11) is 0. The molecule has 0 radical (unpaired) electrons. The van der Waals surface area contributed by atoms with Crippen molar-refractivity contribution in [2.24, 2.45) is 0 Å². The van der Waals surface area contributed by atoms with Gasteiger partial charge < -0.3 is 4.90 Å². The summed E-state index contributed by atoms with van der Waals surface area (Å²) >= 11 is 3.26. The number of carbonyl (C=O) groups excluding carboxylic acids is 2. The number of aryl methyl sites for hydroxylation is 2. The summed E-state index contributed by atoms with van der Waals surface area (Å²) in [5.41, 5.74) is 2.93. The molecule has 1 aliphatic heterocycles. The van der Waals surface area contributed by atoms with Gasteiger partial charge in [-0.2, -0.15) is 0 Å². The molecule has 0 N–H and O–H groups in total. The molecular weight excluding hydrogens is 390 g/mol. The lowest BCUT2D eigenvalue weighted by Crippen LogP contribution is -2.23. The minimum atomic E-state index is 0.0722. The molecule has 0 saturated carbocycles. The molecule has 0 atom stereocenters. The van der Waals surface area contributed by atoms with Crippen molar-refractivity contribution >= 4 is 50.7 Å². The van der Waals surface area contributed by atoms with E-state index in [0.29, 0.717) is 17.7 Å². The molecule has 2 aromatic heterocycles. The highest BCUT2D eigenvalue weighted by molar-refractivity contribution is 8.00. The monoisotopic (exact) mass is 409 g/mol. The Kier molecular flexibility index (Phi) is 4.64. The van der Waals surface area contributed by atoms with Gasteiger partial charge >= 0.3 is 0 Å². The number of hydrogen-bond donors (Lipinski definition) is 0. The molecule has 1 aliphatic carbocycles. The predicted molar refractivity (Wildman–Crippen MR) is 113 cm³/mol. The molecule has 28 heavy (non-hydrogen) atoms. The molecule has 2 aliphatic rings. The Bertz CT molecular complexity index is 1080. The quantitative estimate of drug-likeness (QED) is 0.357. The van der Waals surface area contributed by atoms with Crippen LogP contribution in [0.2, 0.25) is 0 Å². The number of anilines is 1. The van der Waals surface area contributed by atoms with Gasteiger partial charge in [0, 0.05) is 34.5 Å². The molecule has 1 amide bonds. The maximum absolute atomic E-state index is 12.7. The number of ketones is 1. The van der Waals surface area contributed by atoms with Gasteiger partial charge in [0.2, 0.25) is 5.91 Å². The first-order valence-corrected chi connectivity index (χ1v) is 11.3. The van der Waals surface area contributed by atoms with Crippen LogP contribution in [0, 0.1) is 0 Å². The molecule has 0 unspecified atom stereocenters. The van der Waals surface area contributed by atoms with Crippen molar-refractivity contribution in [2.75, 3.05) is 17.2 Å². The summed E-state index contributed by atoms with van der Waals surface area (Å²) in [6, 6.07) is 7.38. The number of carbonyl (C=O) groups is 2. The number of thiophene rings is 1. The van der Waals surface area contributed by atoms with Crippen LogP contribution < -0.4 is 4.90 Å². The molecule has 0 bridgehead atoms. The SMILES string of the molecule is O=C(CSc1ncnc2sc3c(c12)CCC3)c1ccc(N2CCCC2=O)cc1. The first-order valence-electron chi connectivity index (χ1n) is 9.52. The van der Waals surface area contributed by atoms with E-state index < -0.39 is 0 Å². The minimum absolute atomic E-state index is 0.0722. The fourth-order valence-corrected chi connectivity index (χ4v) is 6.19. The summed E-state index contributed by atoms with van der Waals surface area (Å²) in [6.45, 7) is 0.761.